The lowest BCUT2D eigenvalue weighted by Gasteiger charge is -2.29. The Kier molecular flexibility index (Phi) is 10.4. The first-order valence-electron chi connectivity index (χ1n) is 6.78. The van der Waals surface area contributed by atoms with Gasteiger partial charge in [-0.05, 0) is 32.4 Å². The number of hydrogen-bond acceptors (Lipinski definition) is 3. The van der Waals surface area contributed by atoms with Crippen LogP contribution < -0.4 is 5.32 Å². The summed E-state index contributed by atoms with van der Waals surface area (Å²) in [5.74, 6) is 0.557. The van der Waals surface area contributed by atoms with Gasteiger partial charge in [-0.25, -0.2) is 0 Å². The molecule has 0 saturated carbocycles. The highest BCUT2D eigenvalue weighted by Gasteiger charge is 2.25. The van der Waals surface area contributed by atoms with E-state index in [1.54, 1.807) is 7.11 Å². The zero-order valence-corrected chi connectivity index (χ0v) is 12.4. The van der Waals surface area contributed by atoms with Crippen LogP contribution in [0.1, 0.15) is 32.6 Å². The third-order valence-corrected chi connectivity index (χ3v) is 3.35. The van der Waals surface area contributed by atoms with Crippen molar-refractivity contribution in [3.8, 4) is 0 Å². The second kappa shape index (κ2) is 10.6. The van der Waals surface area contributed by atoms with Crippen molar-refractivity contribution >= 4 is 18.3 Å². The Labute approximate surface area is 117 Å². The van der Waals surface area contributed by atoms with Gasteiger partial charge in [-0.2, -0.15) is 0 Å². The van der Waals surface area contributed by atoms with E-state index in [1.807, 2.05) is 4.90 Å². The van der Waals surface area contributed by atoms with Gasteiger partial charge in [-0.1, -0.05) is 13.3 Å². The van der Waals surface area contributed by atoms with Crippen molar-refractivity contribution in [3.05, 3.63) is 0 Å². The molecule has 0 aliphatic carbocycles. The minimum atomic E-state index is 0. The van der Waals surface area contributed by atoms with Crippen LogP contribution in [-0.2, 0) is 9.53 Å². The lowest BCUT2D eigenvalue weighted by atomic mass is 9.96. The van der Waals surface area contributed by atoms with E-state index in [1.165, 1.54) is 0 Å². The molecule has 1 fully saturated rings. The van der Waals surface area contributed by atoms with Crippen LogP contribution in [0.5, 0.6) is 0 Å². The predicted molar refractivity (Wildman–Crippen MR) is 76.2 cm³/mol. The molecule has 18 heavy (non-hydrogen) atoms. The van der Waals surface area contributed by atoms with Gasteiger partial charge in [-0.3, -0.25) is 4.79 Å². The lowest BCUT2D eigenvalue weighted by molar-refractivity contribution is -0.137. The van der Waals surface area contributed by atoms with Gasteiger partial charge >= 0.3 is 0 Å². The molecule has 0 unspecified atom stereocenters. The molecular weight excluding hydrogens is 252 g/mol. The molecule has 1 saturated heterocycles. The number of nitrogens with zero attached hydrogens (tertiary/aromatic N) is 1. The van der Waals surface area contributed by atoms with Crippen LogP contribution in [0, 0.1) is 5.92 Å². The maximum atomic E-state index is 12.4. The van der Waals surface area contributed by atoms with E-state index in [4.69, 9.17) is 4.74 Å². The second-order valence-electron chi connectivity index (χ2n) is 4.70. The number of halogens is 1. The van der Waals surface area contributed by atoms with Crippen LogP contribution in [0.15, 0.2) is 0 Å². The van der Waals surface area contributed by atoms with Crippen LogP contribution in [0.4, 0.5) is 0 Å². The highest BCUT2D eigenvalue weighted by atomic mass is 35.5. The van der Waals surface area contributed by atoms with E-state index in [9.17, 15) is 4.79 Å². The number of hydrogen-bond donors (Lipinski definition) is 1. The minimum Gasteiger partial charge on any atom is -0.383 e. The third-order valence-electron chi connectivity index (χ3n) is 3.35. The van der Waals surface area contributed by atoms with Crippen molar-refractivity contribution in [2.75, 3.05) is 39.9 Å². The van der Waals surface area contributed by atoms with E-state index in [-0.39, 0.29) is 18.3 Å². The van der Waals surface area contributed by atoms with Crippen molar-refractivity contribution in [3.63, 3.8) is 0 Å². The van der Waals surface area contributed by atoms with Crippen molar-refractivity contribution in [1.29, 1.82) is 0 Å². The van der Waals surface area contributed by atoms with Crippen LogP contribution in [0.3, 0.4) is 0 Å². The molecule has 0 spiro atoms. The molecule has 1 aliphatic heterocycles. The predicted octanol–water partition coefficient (Wildman–Crippen LogP) is 1.68. The maximum Gasteiger partial charge on any atom is 0.225 e. The number of carbonyl (C=O) groups excluding carboxylic acids is 1. The fraction of sp³-hybridized carbons (Fsp3) is 0.923. The molecule has 0 aromatic carbocycles. The Morgan fingerprint density at radius 3 is 2.56 bits per heavy atom. The van der Waals surface area contributed by atoms with Gasteiger partial charge in [0.05, 0.1) is 6.61 Å². The van der Waals surface area contributed by atoms with E-state index in [0.29, 0.717) is 12.5 Å². The molecule has 108 valence electrons. The van der Waals surface area contributed by atoms with E-state index in [2.05, 4.69) is 12.2 Å². The van der Waals surface area contributed by atoms with Crippen LogP contribution in [-0.4, -0.2) is 50.7 Å². The van der Waals surface area contributed by atoms with Gasteiger partial charge in [0.2, 0.25) is 5.91 Å². The SMILES string of the molecule is CCCCN(CCOC)C(=O)C1CCNCC1.Cl. The van der Waals surface area contributed by atoms with E-state index in [0.717, 1.165) is 51.9 Å². The Hall–Kier alpha value is -0.320. The van der Waals surface area contributed by atoms with Gasteiger partial charge in [0, 0.05) is 26.1 Å². The summed E-state index contributed by atoms with van der Waals surface area (Å²) in [4.78, 5) is 14.3. The zero-order chi connectivity index (χ0) is 12.5. The fourth-order valence-corrected chi connectivity index (χ4v) is 2.21. The topological polar surface area (TPSA) is 41.6 Å². The largest absolute Gasteiger partial charge is 0.383 e. The number of piperidine rings is 1. The smallest absolute Gasteiger partial charge is 0.225 e. The zero-order valence-electron chi connectivity index (χ0n) is 11.6. The highest BCUT2D eigenvalue weighted by molar-refractivity contribution is 5.85. The number of nitrogens with one attached hydrogen (secondary N) is 1. The Morgan fingerprint density at radius 2 is 2.00 bits per heavy atom. The summed E-state index contributed by atoms with van der Waals surface area (Å²) >= 11 is 0. The molecule has 0 atom stereocenters. The van der Waals surface area contributed by atoms with Crippen LogP contribution in [0.2, 0.25) is 0 Å². The standard InChI is InChI=1S/C13H26N2O2.ClH/c1-3-4-9-15(10-11-17-2)13(16)12-5-7-14-8-6-12;/h12,14H,3-11H2,1-2H3;1H. The Balaban J connectivity index is 0.00000289. The molecule has 1 aliphatic rings. The number of amides is 1. The molecule has 5 heteroatoms. The monoisotopic (exact) mass is 278 g/mol. The molecule has 0 bridgehead atoms. The molecule has 0 aromatic rings. The first kappa shape index (κ1) is 17.7. The number of unbranched alkanes of at least 4 members (excludes halogenated alkanes) is 1. The van der Waals surface area contributed by atoms with Crippen molar-refractivity contribution in [1.82, 2.24) is 10.2 Å². The van der Waals surface area contributed by atoms with Gasteiger partial charge in [0.25, 0.3) is 0 Å². The first-order chi connectivity index (χ1) is 8.29. The quantitative estimate of drug-likeness (QED) is 0.770. The summed E-state index contributed by atoms with van der Waals surface area (Å²) < 4.78 is 5.08. The summed E-state index contributed by atoms with van der Waals surface area (Å²) in [5, 5.41) is 3.30. The minimum absolute atomic E-state index is 0. The fourth-order valence-electron chi connectivity index (χ4n) is 2.21. The number of carbonyl (C=O) groups is 1. The second-order valence-corrected chi connectivity index (χ2v) is 4.70. The van der Waals surface area contributed by atoms with Crippen molar-refractivity contribution in [2.24, 2.45) is 5.92 Å². The average molecular weight is 279 g/mol. The van der Waals surface area contributed by atoms with Crippen molar-refractivity contribution in [2.45, 2.75) is 32.6 Å². The molecular formula is C13H27ClN2O2. The molecule has 1 amide bonds. The summed E-state index contributed by atoms with van der Waals surface area (Å²) in [6.45, 7) is 6.36. The van der Waals surface area contributed by atoms with Gasteiger partial charge in [0.15, 0.2) is 0 Å². The third kappa shape index (κ3) is 6.03. The average Bonchev–Trinajstić information content (AvgIpc) is 2.39. The van der Waals surface area contributed by atoms with Crippen LogP contribution in [0.25, 0.3) is 0 Å². The Morgan fingerprint density at radius 1 is 1.33 bits per heavy atom. The molecule has 0 radical (unpaired) electrons. The van der Waals surface area contributed by atoms with Crippen molar-refractivity contribution < 1.29 is 9.53 Å². The normalized spacial score (nSPS) is 16.1. The van der Waals surface area contributed by atoms with Gasteiger partial charge < -0.3 is 15.0 Å². The molecule has 1 heterocycles. The summed E-state index contributed by atoms with van der Waals surface area (Å²) in [6.07, 6.45) is 4.17. The molecule has 4 nitrogen and oxygen atoms in total. The molecule has 1 N–H and O–H groups in total. The summed E-state index contributed by atoms with van der Waals surface area (Å²) in [6, 6.07) is 0. The number of rotatable bonds is 7. The van der Waals surface area contributed by atoms with Gasteiger partial charge in [0.1, 0.15) is 0 Å². The summed E-state index contributed by atoms with van der Waals surface area (Å²) in [7, 11) is 1.69. The number of ether oxygens (including phenoxy) is 1. The van der Waals surface area contributed by atoms with Crippen LogP contribution >= 0.6 is 12.4 Å². The molecule has 1 rings (SSSR count). The van der Waals surface area contributed by atoms with Gasteiger partial charge in [-0.15, -0.1) is 12.4 Å². The lowest BCUT2D eigenvalue weighted by Crippen LogP contribution is -2.42. The van der Waals surface area contributed by atoms with E-state index < -0.39 is 0 Å². The first-order valence-corrected chi connectivity index (χ1v) is 6.78. The highest BCUT2D eigenvalue weighted by Crippen LogP contribution is 2.15. The Bertz CT molecular complexity index is 213. The summed E-state index contributed by atoms with van der Waals surface area (Å²) in [5.41, 5.74) is 0. The maximum absolute atomic E-state index is 12.4. The number of methoxy groups -OCH3 is 1. The molecule has 0 aromatic heterocycles. The van der Waals surface area contributed by atoms with E-state index >= 15 is 0 Å².